The van der Waals surface area contributed by atoms with E-state index in [-0.39, 0.29) is 6.10 Å². The Balaban J connectivity index is 2.20. The van der Waals surface area contributed by atoms with Crippen molar-refractivity contribution in [2.45, 2.75) is 31.9 Å². The highest BCUT2D eigenvalue weighted by Gasteiger charge is 2.23. The van der Waals surface area contributed by atoms with Crippen LogP contribution in [0.3, 0.4) is 0 Å². The molecule has 0 saturated carbocycles. The molecule has 6 heteroatoms. The third kappa shape index (κ3) is 2.36. The van der Waals surface area contributed by atoms with E-state index in [1.807, 2.05) is 4.57 Å². The summed E-state index contributed by atoms with van der Waals surface area (Å²) in [7, 11) is 0. The van der Waals surface area contributed by atoms with Crippen molar-refractivity contribution >= 4 is 11.6 Å². The van der Waals surface area contributed by atoms with E-state index in [2.05, 4.69) is 17.1 Å². The molecule has 1 unspecified atom stereocenters. The van der Waals surface area contributed by atoms with Crippen molar-refractivity contribution in [2.24, 2.45) is 0 Å². The number of rotatable bonds is 4. The summed E-state index contributed by atoms with van der Waals surface area (Å²) in [5.74, 6) is 2.01. The molecule has 90 valence electrons. The number of aromatic nitrogens is 3. The average molecular weight is 246 g/mol. The molecule has 1 aliphatic rings. The standard InChI is InChI=1S/C10H16ClN3O2/c1-2-3-14-9(6-11)12-13-10(14)8-7-15-4-5-16-8/h8H,2-7H2,1H3. The summed E-state index contributed by atoms with van der Waals surface area (Å²) in [6.45, 7) is 4.79. The largest absolute Gasteiger partial charge is 0.376 e. The molecule has 0 N–H and O–H groups in total. The van der Waals surface area contributed by atoms with Crippen LogP contribution < -0.4 is 0 Å². The van der Waals surface area contributed by atoms with Crippen LogP contribution in [0.15, 0.2) is 0 Å². The van der Waals surface area contributed by atoms with Crippen LogP contribution in [0.1, 0.15) is 31.1 Å². The molecule has 0 spiro atoms. The smallest absolute Gasteiger partial charge is 0.164 e. The molecule has 2 rings (SSSR count). The zero-order valence-electron chi connectivity index (χ0n) is 9.36. The van der Waals surface area contributed by atoms with E-state index in [1.165, 1.54) is 0 Å². The second-order valence-electron chi connectivity index (χ2n) is 3.69. The van der Waals surface area contributed by atoms with Crippen LogP contribution in [-0.4, -0.2) is 34.6 Å². The topological polar surface area (TPSA) is 49.2 Å². The van der Waals surface area contributed by atoms with Crippen molar-refractivity contribution in [1.82, 2.24) is 14.8 Å². The van der Waals surface area contributed by atoms with Gasteiger partial charge in [0, 0.05) is 6.54 Å². The van der Waals surface area contributed by atoms with Gasteiger partial charge in [0.1, 0.15) is 11.9 Å². The van der Waals surface area contributed by atoms with Crippen molar-refractivity contribution in [3.8, 4) is 0 Å². The SMILES string of the molecule is CCCn1c(CCl)nnc1C1COCCO1. The molecular weight excluding hydrogens is 230 g/mol. The average Bonchev–Trinajstić information content (AvgIpc) is 2.74. The maximum absolute atomic E-state index is 5.82. The fraction of sp³-hybridized carbons (Fsp3) is 0.800. The highest BCUT2D eigenvalue weighted by molar-refractivity contribution is 6.16. The van der Waals surface area contributed by atoms with Gasteiger partial charge in [0.25, 0.3) is 0 Å². The molecule has 1 aromatic heterocycles. The lowest BCUT2D eigenvalue weighted by Crippen LogP contribution is -2.25. The lowest BCUT2D eigenvalue weighted by molar-refractivity contribution is -0.0948. The zero-order valence-corrected chi connectivity index (χ0v) is 10.1. The highest BCUT2D eigenvalue weighted by atomic mass is 35.5. The second kappa shape index (κ2) is 5.61. The first kappa shape index (κ1) is 11.8. The maximum Gasteiger partial charge on any atom is 0.164 e. The maximum atomic E-state index is 5.82. The molecule has 0 aromatic carbocycles. The fourth-order valence-electron chi connectivity index (χ4n) is 1.79. The van der Waals surface area contributed by atoms with Gasteiger partial charge >= 0.3 is 0 Å². The minimum atomic E-state index is -0.107. The van der Waals surface area contributed by atoms with Crippen LogP contribution in [-0.2, 0) is 21.9 Å². The highest BCUT2D eigenvalue weighted by Crippen LogP contribution is 2.20. The quantitative estimate of drug-likeness (QED) is 0.755. The summed E-state index contributed by atoms with van der Waals surface area (Å²) in [6.07, 6.45) is 0.910. The molecule has 2 heterocycles. The Kier molecular flexibility index (Phi) is 4.15. The molecule has 1 aromatic rings. The summed E-state index contributed by atoms with van der Waals surface area (Å²) in [5.41, 5.74) is 0. The molecule has 0 amide bonds. The van der Waals surface area contributed by atoms with E-state index >= 15 is 0 Å². The van der Waals surface area contributed by atoms with Crippen LogP contribution in [0.2, 0.25) is 0 Å². The van der Waals surface area contributed by atoms with E-state index in [1.54, 1.807) is 0 Å². The first-order valence-corrected chi connectivity index (χ1v) is 6.07. The van der Waals surface area contributed by atoms with Gasteiger partial charge in [-0.1, -0.05) is 6.92 Å². The van der Waals surface area contributed by atoms with Crippen LogP contribution in [0.25, 0.3) is 0 Å². The van der Waals surface area contributed by atoms with Crippen LogP contribution in [0.4, 0.5) is 0 Å². The van der Waals surface area contributed by atoms with Crippen molar-refractivity contribution in [3.63, 3.8) is 0 Å². The summed E-state index contributed by atoms with van der Waals surface area (Å²) < 4.78 is 13.0. The van der Waals surface area contributed by atoms with E-state index in [0.717, 1.165) is 24.6 Å². The molecule has 1 aliphatic heterocycles. The third-order valence-corrected chi connectivity index (χ3v) is 2.77. The lowest BCUT2D eigenvalue weighted by atomic mass is 10.3. The Labute approximate surface area is 99.7 Å². The van der Waals surface area contributed by atoms with Crippen LogP contribution >= 0.6 is 11.6 Å². The molecular formula is C10H16ClN3O2. The number of hydrogen-bond donors (Lipinski definition) is 0. The predicted molar refractivity (Wildman–Crippen MR) is 59.4 cm³/mol. The second-order valence-corrected chi connectivity index (χ2v) is 3.96. The molecule has 1 atom stereocenters. The zero-order chi connectivity index (χ0) is 11.4. The van der Waals surface area contributed by atoms with Crippen molar-refractivity contribution in [1.29, 1.82) is 0 Å². The van der Waals surface area contributed by atoms with Gasteiger partial charge in [0.15, 0.2) is 5.82 Å². The Morgan fingerprint density at radius 3 is 2.94 bits per heavy atom. The van der Waals surface area contributed by atoms with Gasteiger partial charge in [-0.25, -0.2) is 0 Å². The normalized spacial score (nSPS) is 21.2. The Morgan fingerprint density at radius 1 is 1.44 bits per heavy atom. The van der Waals surface area contributed by atoms with Gasteiger partial charge < -0.3 is 14.0 Å². The summed E-state index contributed by atoms with van der Waals surface area (Å²) in [4.78, 5) is 0. The predicted octanol–water partition coefficient (Wildman–Crippen LogP) is 1.51. The molecule has 0 bridgehead atoms. The lowest BCUT2D eigenvalue weighted by Gasteiger charge is -2.22. The third-order valence-electron chi connectivity index (χ3n) is 2.53. The number of ether oxygens (including phenoxy) is 2. The molecule has 0 radical (unpaired) electrons. The van der Waals surface area contributed by atoms with E-state index in [0.29, 0.717) is 25.7 Å². The van der Waals surface area contributed by atoms with Crippen LogP contribution in [0.5, 0.6) is 0 Å². The van der Waals surface area contributed by atoms with Gasteiger partial charge in [-0.3, -0.25) is 0 Å². The first-order chi connectivity index (χ1) is 7.86. The number of halogens is 1. The minimum Gasteiger partial charge on any atom is -0.376 e. The van der Waals surface area contributed by atoms with E-state index in [9.17, 15) is 0 Å². The molecule has 1 fully saturated rings. The fourth-order valence-corrected chi connectivity index (χ4v) is 1.99. The summed E-state index contributed by atoms with van der Waals surface area (Å²) >= 11 is 5.82. The Bertz CT molecular complexity index is 337. The molecule has 0 aliphatic carbocycles. The number of nitrogens with zero attached hydrogens (tertiary/aromatic N) is 3. The van der Waals surface area contributed by atoms with Crippen molar-refractivity contribution in [3.05, 3.63) is 11.6 Å². The monoisotopic (exact) mass is 245 g/mol. The summed E-state index contributed by atoms with van der Waals surface area (Å²) in [5, 5.41) is 8.23. The van der Waals surface area contributed by atoms with Crippen molar-refractivity contribution < 1.29 is 9.47 Å². The van der Waals surface area contributed by atoms with E-state index in [4.69, 9.17) is 21.1 Å². The van der Waals surface area contributed by atoms with E-state index < -0.39 is 0 Å². The molecule has 16 heavy (non-hydrogen) atoms. The van der Waals surface area contributed by atoms with Gasteiger partial charge in [-0.15, -0.1) is 21.8 Å². The van der Waals surface area contributed by atoms with Gasteiger partial charge in [0.05, 0.1) is 25.7 Å². The van der Waals surface area contributed by atoms with Crippen LogP contribution in [0, 0.1) is 0 Å². The van der Waals surface area contributed by atoms with Gasteiger partial charge in [0.2, 0.25) is 0 Å². The minimum absolute atomic E-state index is 0.107. The first-order valence-electron chi connectivity index (χ1n) is 5.54. The molecule has 1 saturated heterocycles. The Morgan fingerprint density at radius 2 is 2.31 bits per heavy atom. The Hall–Kier alpha value is -0.650. The van der Waals surface area contributed by atoms with Gasteiger partial charge in [-0.2, -0.15) is 0 Å². The van der Waals surface area contributed by atoms with Crippen molar-refractivity contribution in [2.75, 3.05) is 19.8 Å². The van der Waals surface area contributed by atoms with Gasteiger partial charge in [-0.05, 0) is 6.42 Å². The molecule has 5 nitrogen and oxygen atoms in total. The number of alkyl halides is 1. The summed E-state index contributed by atoms with van der Waals surface area (Å²) in [6, 6.07) is 0. The number of hydrogen-bond acceptors (Lipinski definition) is 4.